The molecule has 13 heavy (non-hydrogen) atoms. The fraction of sp³-hybridized carbons (Fsp3) is 0.818. The van der Waals surface area contributed by atoms with Crippen LogP contribution in [0.4, 0.5) is 0 Å². The summed E-state index contributed by atoms with van der Waals surface area (Å²) in [6.45, 7) is 10.2. The highest BCUT2D eigenvalue weighted by Gasteiger charge is 2.08. The van der Waals surface area contributed by atoms with E-state index in [1.807, 2.05) is 0 Å². The van der Waals surface area contributed by atoms with Gasteiger partial charge in [-0.1, -0.05) is 47.6 Å². The standard InChI is InChI=1S/C11H22IN/c1-6-9(2)11(4)10(3)7-13(5)8-12/h10H,6-8H2,1-5H3/b11-9-. The minimum atomic E-state index is 0.694. The zero-order valence-corrected chi connectivity index (χ0v) is 11.7. The van der Waals surface area contributed by atoms with Crippen molar-refractivity contribution in [1.29, 1.82) is 0 Å². The molecule has 0 aliphatic heterocycles. The summed E-state index contributed by atoms with van der Waals surface area (Å²) >= 11 is 2.41. The number of hydrogen-bond donors (Lipinski definition) is 0. The van der Waals surface area contributed by atoms with Crippen molar-refractivity contribution in [2.45, 2.75) is 34.1 Å². The lowest BCUT2D eigenvalue weighted by atomic mass is 9.96. The van der Waals surface area contributed by atoms with Crippen LogP contribution in [0.2, 0.25) is 0 Å². The summed E-state index contributed by atoms with van der Waals surface area (Å²) in [4.78, 5) is 2.36. The van der Waals surface area contributed by atoms with E-state index < -0.39 is 0 Å². The van der Waals surface area contributed by atoms with Gasteiger partial charge in [-0.2, -0.15) is 0 Å². The van der Waals surface area contributed by atoms with Gasteiger partial charge in [-0.3, -0.25) is 4.90 Å². The van der Waals surface area contributed by atoms with Crippen LogP contribution in [0.25, 0.3) is 0 Å². The van der Waals surface area contributed by atoms with Crippen LogP contribution in [0.5, 0.6) is 0 Å². The Bertz CT molecular complexity index is 175. The predicted octanol–water partition coefficient (Wildman–Crippen LogP) is 3.69. The van der Waals surface area contributed by atoms with E-state index in [0.29, 0.717) is 5.92 Å². The van der Waals surface area contributed by atoms with Crippen LogP contribution in [0, 0.1) is 5.92 Å². The first-order chi connectivity index (χ1) is 6.02. The molecule has 0 aromatic rings. The van der Waals surface area contributed by atoms with E-state index >= 15 is 0 Å². The molecule has 0 aliphatic rings. The van der Waals surface area contributed by atoms with E-state index in [4.69, 9.17) is 0 Å². The maximum atomic E-state index is 2.41. The zero-order chi connectivity index (χ0) is 10.4. The molecule has 0 fully saturated rings. The highest BCUT2D eigenvalue weighted by molar-refractivity contribution is 14.1. The summed E-state index contributed by atoms with van der Waals surface area (Å²) in [7, 11) is 2.18. The number of halogens is 1. The van der Waals surface area contributed by atoms with Crippen LogP contribution in [0.3, 0.4) is 0 Å². The largest absolute Gasteiger partial charge is 0.297 e. The lowest BCUT2D eigenvalue weighted by molar-refractivity contribution is 0.356. The Morgan fingerprint density at radius 2 is 1.92 bits per heavy atom. The summed E-state index contributed by atoms with van der Waals surface area (Å²) in [5.74, 6) is 0.694. The topological polar surface area (TPSA) is 3.24 Å². The molecule has 0 amide bonds. The van der Waals surface area contributed by atoms with Gasteiger partial charge < -0.3 is 0 Å². The van der Waals surface area contributed by atoms with Gasteiger partial charge in [-0.25, -0.2) is 0 Å². The number of allylic oxidation sites excluding steroid dienone is 1. The summed E-state index contributed by atoms with van der Waals surface area (Å²) < 4.78 is 1.11. The molecule has 0 saturated carbocycles. The third-order valence-electron chi connectivity index (χ3n) is 2.73. The van der Waals surface area contributed by atoms with Crippen LogP contribution in [-0.4, -0.2) is 23.0 Å². The van der Waals surface area contributed by atoms with Crippen LogP contribution in [0.15, 0.2) is 11.1 Å². The number of nitrogens with zero attached hydrogens (tertiary/aromatic N) is 1. The molecule has 0 rings (SSSR count). The maximum absolute atomic E-state index is 2.41. The highest BCUT2D eigenvalue weighted by Crippen LogP contribution is 2.17. The Morgan fingerprint density at radius 3 is 2.31 bits per heavy atom. The predicted molar refractivity (Wildman–Crippen MR) is 69.3 cm³/mol. The van der Waals surface area contributed by atoms with E-state index in [9.17, 15) is 0 Å². The lowest BCUT2D eigenvalue weighted by Gasteiger charge is -2.21. The Labute approximate surface area is 96.7 Å². The Kier molecular flexibility index (Phi) is 7.05. The van der Waals surface area contributed by atoms with Gasteiger partial charge in [-0.15, -0.1) is 0 Å². The zero-order valence-electron chi connectivity index (χ0n) is 9.52. The Morgan fingerprint density at radius 1 is 1.38 bits per heavy atom. The fourth-order valence-corrected chi connectivity index (χ4v) is 1.63. The minimum absolute atomic E-state index is 0.694. The molecular formula is C11H22IN. The molecule has 0 aromatic heterocycles. The minimum Gasteiger partial charge on any atom is -0.297 e. The monoisotopic (exact) mass is 295 g/mol. The molecular weight excluding hydrogens is 273 g/mol. The average Bonchev–Trinajstić information content (AvgIpc) is 2.14. The number of hydrogen-bond acceptors (Lipinski definition) is 1. The summed E-state index contributed by atoms with van der Waals surface area (Å²) in [5.41, 5.74) is 3.12. The van der Waals surface area contributed by atoms with Gasteiger partial charge in [-0.05, 0) is 33.2 Å². The van der Waals surface area contributed by atoms with Crippen LogP contribution < -0.4 is 0 Å². The Hall–Kier alpha value is 0.430. The second kappa shape index (κ2) is 6.82. The molecule has 0 saturated heterocycles. The molecule has 0 aliphatic carbocycles. The van der Waals surface area contributed by atoms with E-state index in [1.54, 1.807) is 11.1 Å². The smallest absolute Gasteiger partial charge is 0.0502 e. The molecule has 1 nitrogen and oxygen atoms in total. The molecule has 2 heteroatoms. The maximum Gasteiger partial charge on any atom is 0.0502 e. The molecule has 1 atom stereocenters. The molecule has 0 aromatic carbocycles. The molecule has 0 spiro atoms. The first-order valence-electron chi connectivity index (χ1n) is 4.93. The van der Waals surface area contributed by atoms with E-state index in [0.717, 1.165) is 4.55 Å². The normalized spacial score (nSPS) is 15.9. The van der Waals surface area contributed by atoms with Crippen molar-refractivity contribution in [3.05, 3.63) is 11.1 Å². The van der Waals surface area contributed by atoms with Crippen molar-refractivity contribution >= 4 is 22.6 Å². The van der Waals surface area contributed by atoms with Crippen molar-refractivity contribution < 1.29 is 0 Å². The second-order valence-electron chi connectivity index (χ2n) is 3.88. The highest BCUT2D eigenvalue weighted by atomic mass is 127. The van der Waals surface area contributed by atoms with E-state index in [1.165, 1.54) is 13.0 Å². The van der Waals surface area contributed by atoms with Gasteiger partial charge in [0.05, 0.1) is 4.55 Å². The molecule has 0 heterocycles. The van der Waals surface area contributed by atoms with Crippen molar-refractivity contribution in [1.82, 2.24) is 4.90 Å². The van der Waals surface area contributed by atoms with Crippen molar-refractivity contribution in [3.8, 4) is 0 Å². The van der Waals surface area contributed by atoms with Crippen LogP contribution in [-0.2, 0) is 0 Å². The van der Waals surface area contributed by atoms with Gasteiger partial charge in [0, 0.05) is 6.54 Å². The molecule has 1 unspecified atom stereocenters. The first-order valence-corrected chi connectivity index (χ1v) is 6.46. The molecule has 78 valence electrons. The van der Waals surface area contributed by atoms with Gasteiger partial charge in [0.2, 0.25) is 0 Å². The molecule has 0 bridgehead atoms. The van der Waals surface area contributed by atoms with E-state index in [-0.39, 0.29) is 0 Å². The fourth-order valence-electron chi connectivity index (χ4n) is 1.35. The Balaban J connectivity index is 4.18. The summed E-state index contributed by atoms with van der Waals surface area (Å²) in [5, 5.41) is 0. The quantitative estimate of drug-likeness (QED) is 0.323. The number of alkyl halides is 1. The third kappa shape index (κ3) is 5.01. The SMILES string of the molecule is CC/C(C)=C(/C)C(C)CN(C)CI. The van der Waals surface area contributed by atoms with Gasteiger partial charge in [0.15, 0.2) is 0 Å². The molecule has 0 radical (unpaired) electrons. The number of rotatable bonds is 5. The van der Waals surface area contributed by atoms with Crippen LogP contribution >= 0.6 is 22.6 Å². The van der Waals surface area contributed by atoms with Gasteiger partial charge >= 0.3 is 0 Å². The first kappa shape index (κ1) is 13.4. The lowest BCUT2D eigenvalue weighted by Crippen LogP contribution is -2.23. The molecule has 0 N–H and O–H groups in total. The van der Waals surface area contributed by atoms with Gasteiger partial charge in [0.1, 0.15) is 0 Å². The summed E-state index contributed by atoms with van der Waals surface area (Å²) in [6.07, 6.45) is 1.18. The summed E-state index contributed by atoms with van der Waals surface area (Å²) in [6, 6.07) is 0. The van der Waals surface area contributed by atoms with Crippen molar-refractivity contribution in [3.63, 3.8) is 0 Å². The van der Waals surface area contributed by atoms with Crippen molar-refractivity contribution in [2.75, 3.05) is 18.1 Å². The van der Waals surface area contributed by atoms with Gasteiger partial charge in [0.25, 0.3) is 0 Å². The second-order valence-corrected chi connectivity index (χ2v) is 4.56. The van der Waals surface area contributed by atoms with Crippen LogP contribution in [0.1, 0.15) is 34.1 Å². The average molecular weight is 295 g/mol. The third-order valence-corrected chi connectivity index (χ3v) is 3.90. The van der Waals surface area contributed by atoms with E-state index in [2.05, 4.69) is 62.2 Å². The van der Waals surface area contributed by atoms with Crippen molar-refractivity contribution in [2.24, 2.45) is 5.92 Å².